The Balaban J connectivity index is 2.92. The summed E-state index contributed by atoms with van der Waals surface area (Å²) in [5.74, 6) is 0. The van der Waals surface area contributed by atoms with Crippen molar-refractivity contribution in [2.75, 3.05) is 11.5 Å². The number of nitrogens with two attached hydrogens (primary N) is 2. The van der Waals surface area contributed by atoms with Crippen LogP contribution in [0, 0.1) is 0 Å². The largest absolute Gasteiger partial charge is 0.417 e. The van der Waals surface area contributed by atoms with Gasteiger partial charge in [0.2, 0.25) is 0 Å². The van der Waals surface area contributed by atoms with Crippen molar-refractivity contribution >= 4 is 22.1 Å². The van der Waals surface area contributed by atoms with Crippen LogP contribution in [0.15, 0.2) is 30.3 Å². The number of hydrogen-bond acceptors (Lipinski definition) is 2. The Kier molecular flexibility index (Phi) is 2.18. The van der Waals surface area contributed by atoms with Crippen molar-refractivity contribution in [1.29, 1.82) is 0 Å². The fraction of sp³-hybridized carbons (Fsp3) is 0.0909. The molecule has 0 atom stereocenters. The Morgan fingerprint density at radius 3 is 2.19 bits per heavy atom. The first-order valence-corrected chi connectivity index (χ1v) is 4.55. The maximum absolute atomic E-state index is 12.7. The molecule has 4 N–H and O–H groups in total. The highest BCUT2D eigenvalue weighted by Gasteiger charge is 2.33. The van der Waals surface area contributed by atoms with Crippen molar-refractivity contribution in [2.45, 2.75) is 6.18 Å². The molecule has 16 heavy (non-hydrogen) atoms. The maximum Gasteiger partial charge on any atom is 0.417 e. The van der Waals surface area contributed by atoms with Gasteiger partial charge in [-0.05, 0) is 18.2 Å². The smallest absolute Gasteiger partial charge is 0.398 e. The molecule has 0 saturated heterocycles. The Morgan fingerprint density at radius 2 is 1.56 bits per heavy atom. The summed E-state index contributed by atoms with van der Waals surface area (Å²) in [4.78, 5) is 0. The van der Waals surface area contributed by atoms with E-state index in [1.165, 1.54) is 18.2 Å². The predicted octanol–water partition coefficient (Wildman–Crippen LogP) is 3.02. The zero-order chi connectivity index (χ0) is 11.9. The first-order valence-electron chi connectivity index (χ1n) is 4.55. The maximum atomic E-state index is 12.7. The summed E-state index contributed by atoms with van der Waals surface area (Å²) < 4.78 is 38.2. The molecular weight excluding hydrogens is 217 g/mol. The minimum absolute atomic E-state index is 0.0324. The summed E-state index contributed by atoms with van der Waals surface area (Å²) in [6.45, 7) is 0. The van der Waals surface area contributed by atoms with Gasteiger partial charge in [0.25, 0.3) is 0 Å². The van der Waals surface area contributed by atoms with Crippen LogP contribution in [-0.2, 0) is 6.18 Å². The van der Waals surface area contributed by atoms with E-state index < -0.39 is 11.7 Å². The van der Waals surface area contributed by atoms with E-state index in [0.717, 1.165) is 6.07 Å². The Hall–Kier alpha value is -1.91. The first-order chi connectivity index (χ1) is 7.41. The molecule has 0 aliphatic carbocycles. The highest BCUT2D eigenvalue weighted by Crippen LogP contribution is 2.39. The average molecular weight is 226 g/mol. The molecule has 5 heteroatoms. The van der Waals surface area contributed by atoms with Crippen LogP contribution in [0.4, 0.5) is 24.5 Å². The lowest BCUT2D eigenvalue weighted by molar-refractivity contribution is -0.136. The van der Waals surface area contributed by atoms with Gasteiger partial charge in [0.05, 0.1) is 5.56 Å². The van der Waals surface area contributed by atoms with E-state index in [2.05, 4.69) is 0 Å². The van der Waals surface area contributed by atoms with Crippen molar-refractivity contribution in [3.63, 3.8) is 0 Å². The van der Waals surface area contributed by atoms with Gasteiger partial charge in [-0.25, -0.2) is 0 Å². The third-order valence-corrected chi connectivity index (χ3v) is 2.41. The molecule has 0 aromatic heterocycles. The van der Waals surface area contributed by atoms with E-state index in [-0.39, 0.29) is 16.8 Å². The summed E-state index contributed by atoms with van der Waals surface area (Å²) in [7, 11) is 0. The summed E-state index contributed by atoms with van der Waals surface area (Å²) in [5.41, 5.74) is 10.8. The number of fused-ring (bicyclic) bond motifs is 1. The van der Waals surface area contributed by atoms with E-state index in [0.29, 0.717) is 5.39 Å². The lowest BCUT2D eigenvalue weighted by Gasteiger charge is -2.13. The van der Waals surface area contributed by atoms with E-state index in [9.17, 15) is 13.2 Å². The summed E-state index contributed by atoms with van der Waals surface area (Å²) >= 11 is 0. The molecule has 0 heterocycles. The monoisotopic (exact) mass is 226 g/mol. The van der Waals surface area contributed by atoms with Crippen LogP contribution in [0.2, 0.25) is 0 Å². The fourth-order valence-electron chi connectivity index (χ4n) is 1.69. The van der Waals surface area contributed by atoms with Crippen LogP contribution >= 0.6 is 0 Å². The van der Waals surface area contributed by atoms with Crippen molar-refractivity contribution in [3.8, 4) is 0 Å². The van der Waals surface area contributed by atoms with E-state index in [1.54, 1.807) is 6.07 Å². The second-order valence-corrected chi connectivity index (χ2v) is 3.47. The normalized spacial score (nSPS) is 11.9. The van der Waals surface area contributed by atoms with Crippen LogP contribution in [-0.4, -0.2) is 0 Å². The van der Waals surface area contributed by atoms with Gasteiger partial charge in [0.15, 0.2) is 0 Å². The second kappa shape index (κ2) is 3.30. The van der Waals surface area contributed by atoms with Crippen molar-refractivity contribution in [3.05, 3.63) is 35.9 Å². The number of anilines is 2. The third-order valence-electron chi connectivity index (χ3n) is 2.41. The van der Waals surface area contributed by atoms with Crippen molar-refractivity contribution < 1.29 is 13.2 Å². The molecule has 0 unspecified atom stereocenters. The highest BCUT2D eigenvalue weighted by atomic mass is 19.4. The Morgan fingerprint density at radius 1 is 0.875 bits per heavy atom. The van der Waals surface area contributed by atoms with Crippen molar-refractivity contribution in [2.24, 2.45) is 0 Å². The predicted molar refractivity (Wildman–Crippen MR) is 57.8 cm³/mol. The zero-order valence-electron chi connectivity index (χ0n) is 8.18. The van der Waals surface area contributed by atoms with Gasteiger partial charge in [-0.15, -0.1) is 0 Å². The van der Waals surface area contributed by atoms with E-state index in [1.807, 2.05) is 0 Å². The van der Waals surface area contributed by atoms with Gasteiger partial charge in [0, 0.05) is 22.1 Å². The van der Waals surface area contributed by atoms with Gasteiger partial charge in [0.1, 0.15) is 0 Å². The molecule has 84 valence electrons. The van der Waals surface area contributed by atoms with Crippen molar-refractivity contribution in [1.82, 2.24) is 0 Å². The second-order valence-electron chi connectivity index (χ2n) is 3.47. The lowest BCUT2D eigenvalue weighted by atomic mass is 10.0. The minimum atomic E-state index is -4.43. The number of hydrogen-bond donors (Lipinski definition) is 2. The number of benzene rings is 2. The van der Waals surface area contributed by atoms with Gasteiger partial charge in [-0.2, -0.15) is 13.2 Å². The van der Waals surface area contributed by atoms with Crippen LogP contribution in [0.25, 0.3) is 10.8 Å². The summed E-state index contributed by atoms with van der Waals surface area (Å²) in [6.07, 6.45) is -4.43. The number of halogens is 3. The molecule has 2 rings (SSSR count). The molecule has 0 aliphatic rings. The highest BCUT2D eigenvalue weighted by molar-refractivity contribution is 6.02. The van der Waals surface area contributed by atoms with E-state index >= 15 is 0 Å². The lowest BCUT2D eigenvalue weighted by Crippen LogP contribution is -2.07. The molecule has 0 aliphatic heterocycles. The Labute approximate surface area is 89.7 Å². The third kappa shape index (κ3) is 1.54. The molecule has 2 aromatic rings. The molecule has 2 nitrogen and oxygen atoms in total. The van der Waals surface area contributed by atoms with Crippen LogP contribution in [0.3, 0.4) is 0 Å². The van der Waals surface area contributed by atoms with Crippen LogP contribution < -0.4 is 11.5 Å². The fourth-order valence-corrected chi connectivity index (χ4v) is 1.69. The van der Waals surface area contributed by atoms with Gasteiger partial charge in [-0.1, -0.05) is 12.1 Å². The van der Waals surface area contributed by atoms with Gasteiger partial charge >= 0.3 is 6.18 Å². The topological polar surface area (TPSA) is 52.0 Å². The van der Waals surface area contributed by atoms with E-state index in [4.69, 9.17) is 11.5 Å². The quantitative estimate of drug-likeness (QED) is 0.678. The molecule has 0 bridgehead atoms. The minimum Gasteiger partial charge on any atom is -0.398 e. The SMILES string of the molecule is Nc1ccc(C(F)(F)F)c2c(N)cccc12. The molecule has 0 radical (unpaired) electrons. The molecule has 0 spiro atoms. The molecule has 0 saturated carbocycles. The molecular formula is C11H9F3N2. The first kappa shape index (κ1) is 10.6. The molecule has 0 fully saturated rings. The zero-order valence-corrected chi connectivity index (χ0v) is 8.18. The Bertz CT molecular complexity index is 547. The standard InChI is InChI=1S/C11H9F3N2/c12-11(13,14)7-4-5-8(15)6-2-1-3-9(16)10(6)7/h1-5H,15-16H2. The van der Waals surface area contributed by atoms with Crippen LogP contribution in [0.5, 0.6) is 0 Å². The average Bonchev–Trinajstić information content (AvgIpc) is 2.18. The van der Waals surface area contributed by atoms with Crippen LogP contribution in [0.1, 0.15) is 5.56 Å². The summed E-state index contributed by atoms with van der Waals surface area (Å²) in [6, 6.07) is 6.72. The summed E-state index contributed by atoms with van der Waals surface area (Å²) in [5, 5.41) is 0.296. The van der Waals surface area contributed by atoms with Gasteiger partial charge < -0.3 is 11.5 Å². The number of alkyl halides is 3. The number of rotatable bonds is 0. The molecule has 0 amide bonds. The molecule has 2 aromatic carbocycles. The number of nitrogen functional groups attached to an aromatic ring is 2. The van der Waals surface area contributed by atoms with Gasteiger partial charge in [-0.3, -0.25) is 0 Å².